The Hall–Kier alpha value is -1.41. The first-order valence-electron chi connectivity index (χ1n) is 8.56. The van der Waals surface area contributed by atoms with Gasteiger partial charge >= 0.3 is 0 Å². The average Bonchev–Trinajstić information content (AvgIpc) is 2.82. The van der Waals surface area contributed by atoms with Crippen molar-refractivity contribution in [1.82, 2.24) is 10.2 Å². The Kier molecular flexibility index (Phi) is 4.46. The number of hydrogen-bond donors (Lipinski definition) is 2. The van der Waals surface area contributed by atoms with E-state index in [0.717, 1.165) is 31.5 Å². The van der Waals surface area contributed by atoms with Crippen LogP contribution >= 0.6 is 0 Å². The van der Waals surface area contributed by atoms with E-state index in [2.05, 4.69) is 37.2 Å². The third-order valence-corrected chi connectivity index (χ3v) is 5.66. The molecule has 1 heterocycles. The molecule has 0 bridgehead atoms. The van der Waals surface area contributed by atoms with Gasteiger partial charge in [0.2, 0.25) is 0 Å². The maximum absolute atomic E-state index is 10.5. The number of hydrogen-bond acceptors (Lipinski definition) is 4. The van der Waals surface area contributed by atoms with Crippen LogP contribution in [0.15, 0.2) is 24.3 Å². The number of nitrogens with one attached hydrogen (secondary N) is 1. The molecular formula is C19H27N3O. The molecule has 2 aliphatic rings. The van der Waals surface area contributed by atoms with Gasteiger partial charge in [-0.25, -0.2) is 0 Å². The number of rotatable bonds is 4. The van der Waals surface area contributed by atoms with Gasteiger partial charge in [-0.2, -0.15) is 5.26 Å². The van der Waals surface area contributed by atoms with Gasteiger partial charge in [-0.3, -0.25) is 0 Å². The second kappa shape index (κ2) is 6.24. The summed E-state index contributed by atoms with van der Waals surface area (Å²) < 4.78 is 0. The number of likely N-dealkylation sites (tertiary alicyclic amines) is 1. The molecule has 0 aromatic heterocycles. The van der Waals surface area contributed by atoms with Gasteiger partial charge in [-0.1, -0.05) is 26.0 Å². The first-order chi connectivity index (χ1) is 10.9. The lowest BCUT2D eigenvalue weighted by Crippen LogP contribution is -2.64. The maximum atomic E-state index is 10.5. The Morgan fingerprint density at radius 3 is 2.61 bits per heavy atom. The Bertz CT molecular complexity index is 587. The number of nitriles is 1. The molecule has 1 aliphatic carbocycles. The van der Waals surface area contributed by atoms with Crippen LogP contribution in [-0.4, -0.2) is 41.8 Å². The van der Waals surface area contributed by atoms with Crippen molar-refractivity contribution in [2.75, 3.05) is 13.6 Å². The fraction of sp³-hybridized carbons (Fsp3) is 0.632. The zero-order valence-corrected chi connectivity index (χ0v) is 14.3. The molecule has 23 heavy (non-hydrogen) atoms. The smallest absolute Gasteiger partial charge is 0.0991 e. The van der Waals surface area contributed by atoms with Gasteiger partial charge < -0.3 is 15.3 Å². The topological polar surface area (TPSA) is 59.3 Å². The second-order valence-electron chi connectivity index (χ2n) is 7.74. The lowest BCUT2D eigenvalue weighted by atomic mass is 9.66. The minimum Gasteiger partial charge on any atom is -0.391 e. The molecule has 1 aromatic rings. The Labute approximate surface area is 139 Å². The van der Waals surface area contributed by atoms with Crippen LogP contribution in [0.1, 0.15) is 37.8 Å². The van der Waals surface area contributed by atoms with Gasteiger partial charge in [-0.05, 0) is 43.5 Å². The maximum Gasteiger partial charge on any atom is 0.0991 e. The highest BCUT2D eigenvalue weighted by Gasteiger charge is 2.57. The van der Waals surface area contributed by atoms with E-state index in [0.29, 0.717) is 17.5 Å². The van der Waals surface area contributed by atoms with Gasteiger partial charge in [0.05, 0.1) is 17.7 Å². The normalized spacial score (nSPS) is 33.8. The van der Waals surface area contributed by atoms with Gasteiger partial charge in [0.1, 0.15) is 0 Å². The van der Waals surface area contributed by atoms with Crippen LogP contribution in [0.25, 0.3) is 0 Å². The molecule has 1 spiro atoms. The van der Waals surface area contributed by atoms with Crippen LogP contribution in [0.5, 0.6) is 0 Å². The van der Waals surface area contributed by atoms with Crippen molar-refractivity contribution in [3.8, 4) is 6.07 Å². The van der Waals surface area contributed by atoms with E-state index in [1.54, 1.807) is 0 Å². The van der Waals surface area contributed by atoms with E-state index in [1.165, 1.54) is 0 Å². The predicted molar refractivity (Wildman–Crippen MR) is 90.7 cm³/mol. The third-order valence-electron chi connectivity index (χ3n) is 5.66. The van der Waals surface area contributed by atoms with Crippen LogP contribution < -0.4 is 5.32 Å². The summed E-state index contributed by atoms with van der Waals surface area (Å²) >= 11 is 0. The zero-order chi connectivity index (χ0) is 16.6. The van der Waals surface area contributed by atoms with Crippen LogP contribution in [0.4, 0.5) is 0 Å². The molecule has 1 aromatic carbocycles. The van der Waals surface area contributed by atoms with E-state index < -0.39 is 0 Å². The van der Waals surface area contributed by atoms with Crippen molar-refractivity contribution in [3.05, 3.63) is 35.4 Å². The summed E-state index contributed by atoms with van der Waals surface area (Å²) in [6.07, 6.45) is 1.70. The SMILES string of the molecule is CC(C)C1N(C)CC12C[C@@H](O)[C@H](NCc1ccc(C#N)cc1)C2. The van der Waals surface area contributed by atoms with Gasteiger partial charge in [0, 0.05) is 30.6 Å². The fourth-order valence-electron chi connectivity index (χ4n) is 5.00. The highest BCUT2D eigenvalue weighted by molar-refractivity contribution is 5.31. The summed E-state index contributed by atoms with van der Waals surface area (Å²) in [5.74, 6) is 0.623. The number of aliphatic hydroxyl groups excluding tert-OH is 1. The molecule has 1 saturated heterocycles. The average molecular weight is 313 g/mol. The molecule has 4 nitrogen and oxygen atoms in total. The highest BCUT2D eigenvalue weighted by atomic mass is 16.3. The van der Waals surface area contributed by atoms with Gasteiger partial charge in [0.15, 0.2) is 0 Å². The molecule has 0 radical (unpaired) electrons. The molecule has 4 heteroatoms. The molecule has 2 N–H and O–H groups in total. The summed E-state index contributed by atoms with van der Waals surface area (Å²) in [5, 5.41) is 22.9. The molecule has 2 fully saturated rings. The molecule has 1 aliphatic heterocycles. The van der Waals surface area contributed by atoms with Crippen LogP contribution in [-0.2, 0) is 6.54 Å². The van der Waals surface area contributed by atoms with Crippen molar-refractivity contribution in [2.45, 2.75) is 51.4 Å². The largest absolute Gasteiger partial charge is 0.391 e. The fourth-order valence-corrected chi connectivity index (χ4v) is 5.00. The summed E-state index contributed by atoms with van der Waals surface area (Å²) in [6, 6.07) is 10.5. The summed E-state index contributed by atoms with van der Waals surface area (Å²) in [5.41, 5.74) is 2.12. The van der Waals surface area contributed by atoms with Crippen molar-refractivity contribution in [1.29, 1.82) is 5.26 Å². The number of aliphatic hydroxyl groups is 1. The van der Waals surface area contributed by atoms with Crippen molar-refractivity contribution >= 4 is 0 Å². The van der Waals surface area contributed by atoms with Gasteiger partial charge in [-0.15, -0.1) is 0 Å². The monoisotopic (exact) mass is 313 g/mol. The van der Waals surface area contributed by atoms with E-state index in [4.69, 9.17) is 5.26 Å². The first kappa shape index (κ1) is 16.4. The summed E-state index contributed by atoms with van der Waals surface area (Å²) in [4.78, 5) is 2.43. The number of benzene rings is 1. The first-order valence-corrected chi connectivity index (χ1v) is 8.56. The van der Waals surface area contributed by atoms with E-state index in [-0.39, 0.29) is 17.6 Å². The molecular weight excluding hydrogens is 286 g/mol. The van der Waals surface area contributed by atoms with Crippen LogP contribution in [0, 0.1) is 22.7 Å². The Morgan fingerprint density at radius 2 is 2.04 bits per heavy atom. The van der Waals surface area contributed by atoms with Crippen molar-refractivity contribution in [3.63, 3.8) is 0 Å². The molecule has 124 valence electrons. The van der Waals surface area contributed by atoms with Crippen molar-refractivity contribution in [2.24, 2.45) is 11.3 Å². The molecule has 3 rings (SSSR count). The quantitative estimate of drug-likeness (QED) is 0.894. The predicted octanol–water partition coefficient (Wildman–Crippen LogP) is 2.13. The summed E-state index contributed by atoms with van der Waals surface area (Å²) in [6.45, 7) is 6.41. The lowest BCUT2D eigenvalue weighted by Gasteiger charge is -2.57. The number of nitrogens with zero attached hydrogens (tertiary/aromatic N) is 2. The standard InChI is InChI=1S/C19H27N3O/c1-13(2)18-19(12-22(18)3)8-16(17(23)9-19)21-11-15-6-4-14(10-20)5-7-15/h4-7,13,16-18,21,23H,8-9,11-12H2,1-3H3/t16-,17-,18?,19?/m1/s1. The molecule has 2 unspecified atom stereocenters. The second-order valence-corrected chi connectivity index (χ2v) is 7.74. The van der Waals surface area contributed by atoms with E-state index in [1.807, 2.05) is 24.3 Å². The summed E-state index contributed by atoms with van der Waals surface area (Å²) in [7, 11) is 2.19. The molecule has 4 atom stereocenters. The minimum absolute atomic E-state index is 0.167. The van der Waals surface area contributed by atoms with E-state index >= 15 is 0 Å². The van der Waals surface area contributed by atoms with Crippen LogP contribution in [0.3, 0.4) is 0 Å². The van der Waals surface area contributed by atoms with E-state index in [9.17, 15) is 5.11 Å². The molecule has 0 amide bonds. The van der Waals surface area contributed by atoms with Gasteiger partial charge in [0.25, 0.3) is 0 Å². The zero-order valence-electron chi connectivity index (χ0n) is 14.3. The third kappa shape index (κ3) is 3.01. The van der Waals surface area contributed by atoms with Crippen LogP contribution in [0.2, 0.25) is 0 Å². The molecule has 1 saturated carbocycles. The highest BCUT2D eigenvalue weighted by Crippen LogP contribution is 2.52. The Balaban J connectivity index is 1.60. The minimum atomic E-state index is -0.261. The lowest BCUT2D eigenvalue weighted by molar-refractivity contribution is -0.0828. The van der Waals surface area contributed by atoms with Crippen molar-refractivity contribution < 1.29 is 5.11 Å². The Morgan fingerprint density at radius 1 is 1.35 bits per heavy atom.